The number of carbonyl (C=O) groups excluding carboxylic acids is 1. The number of anilines is 1. The number of benzene rings is 1. The highest BCUT2D eigenvalue weighted by Crippen LogP contribution is 2.23. The average Bonchev–Trinajstić information content (AvgIpc) is 3.28. The lowest BCUT2D eigenvalue weighted by molar-refractivity contribution is -0.116. The number of halogens is 2. The Morgan fingerprint density at radius 1 is 1.39 bits per heavy atom. The molecule has 0 aliphatic heterocycles. The second-order valence-electron chi connectivity index (χ2n) is 5.39. The lowest BCUT2D eigenvalue weighted by Gasteiger charge is -2.11. The smallest absolute Gasteiger partial charge is 0.226 e. The first kappa shape index (κ1) is 20.0. The number of amides is 1. The number of nitrogens with zero attached hydrogens (tertiary/aromatic N) is 1. The number of hydrogen-bond donors (Lipinski definition) is 3. The molecule has 0 unspecified atom stereocenters. The third-order valence-electron chi connectivity index (χ3n) is 3.41. The van der Waals surface area contributed by atoms with E-state index in [1.165, 1.54) is 12.8 Å². The molecule has 128 valence electrons. The lowest BCUT2D eigenvalue weighted by Crippen LogP contribution is -2.38. The predicted molar refractivity (Wildman–Crippen MR) is 107 cm³/mol. The third kappa shape index (κ3) is 6.95. The van der Waals surface area contributed by atoms with Crippen LogP contribution in [0, 0.1) is 6.92 Å². The van der Waals surface area contributed by atoms with Crippen molar-refractivity contribution in [2.75, 3.05) is 18.4 Å². The molecule has 2 rings (SSSR count). The summed E-state index contributed by atoms with van der Waals surface area (Å²) >= 11 is 6.04. The van der Waals surface area contributed by atoms with Crippen LogP contribution >= 0.6 is 35.6 Å². The summed E-state index contributed by atoms with van der Waals surface area (Å²) in [7, 11) is 0. The Balaban J connectivity index is 0.00000264. The van der Waals surface area contributed by atoms with E-state index in [2.05, 4.69) is 20.9 Å². The molecule has 0 atom stereocenters. The van der Waals surface area contributed by atoms with Crippen LogP contribution in [-0.4, -0.2) is 31.0 Å². The van der Waals surface area contributed by atoms with Crippen LogP contribution in [0.25, 0.3) is 0 Å². The van der Waals surface area contributed by atoms with Crippen LogP contribution in [0.1, 0.15) is 31.7 Å². The van der Waals surface area contributed by atoms with E-state index in [4.69, 9.17) is 11.6 Å². The zero-order valence-electron chi connectivity index (χ0n) is 13.5. The first-order valence-electron chi connectivity index (χ1n) is 7.70. The highest BCUT2D eigenvalue weighted by Gasteiger charge is 2.22. The molecule has 1 fully saturated rings. The molecule has 0 bridgehead atoms. The van der Waals surface area contributed by atoms with E-state index in [1.54, 1.807) is 0 Å². The van der Waals surface area contributed by atoms with Gasteiger partial charge in [0.25, 0.3) is 0 Å². The molecular weight excluding hydrogens is 427 g/mol. The van der Waals surface area contributed by atoms with E-state index < -0.39 is 0 Å². The van der Waals surface area contributed by atoms with Gasteiger partial charge in [-0.2, -0.15) is 0 Å². The van der Waals surface area contributed by atoms with Gasteiger partial charge >= 0.3 is 0 Å². The van der Waals surface area contributed by atoms with Crippen molar-refractivity contribution in [3.05, 3.63) is 28.8 Å². The van der Waals surface area contributed by atoms with Gasteiger partial charge in [-0.25, -0.2) is 0 Å². The van der Waals surface area contributed by atoms with E-state index >= 15 is 0 Å². The maximum atomic E-state index is 12.0. The number of nitrogens with one attached hydrogen (secondary N) is 3. The van der Waals surface area contributed by atoms with Gasteiger partial charge in [-0.3, -0.25) is 9.79 Å². The Morgan fingerprint density at radius 2 is 2.13 bits per heavy atom. The molecule has 0 spiro atoms. The molecule has 1 aliphatic carbocycles. The van der Waals surface area contributed by atoms with Crippen molar-refractivity contribution in [2.45, 2.75) is 39.2 Å². The Hall–Kier alpha value is -1.02. The van der Waals surface area contributed by atoms with Crippen LogP contribution in [0.2, 0.25) is 5.02 Å². The SMILES string of the molecule is CCNC(=NCCC(=O)Nc1cccc(Cl)c1C)NC1CC1.I. The molecule has 23 heavy (non-hydrogen) atoms. The predicted octanol–water partition coefficient (Wildman–Crippen LogP) is 3.31. The van der Waals surface area contributed by atoms with Gasteiger partial charge in [0.05, 0.1) is 6.54 Å². The first-order valence-corrected chi connectivity index (χ1v) is 8.07. The van der Waals surface area contributed by atoms with Crippen molar-refractivity contribution in [1.29, 1.82) is 0 Å². The van der Waals surface area contributed by atoms with Crippen molar-refractivity contribution in [3.8, 4) is 0 Å². The van der Waals surface area contributed by atoms with Crippen LogP contribution in [0.15, 0.2) is 23.2 Å². The molecule has 1 saturated carbocycles. The zero-order valence-corrected chi connectivity index (χ0v) is 16.6. The molecule has 0 saturated heterocycles. The second kappa shape index (κ2) is 9.97. The molecule has 5 nitrogen and oxygen atoms in total. The fourth-order valence-corrected chi connectivity index (χ4v) is 2.14. The summed E-state index contributed by atoms with van der Waals surface area (Å²) in [5, 5.41) is 10.0. The summed E-state index contributed by atoms with van der Waals surface area (Å²) in [6, 6.07) is 6.02. The van der Waals surface area contributed by atoms with Crippen LogP contribution in [-0.2, 0) is 4.79 Å². The summed E-state index contributed by atoms with van der Waals surface area (Å²) in [6.45, 7) is 5.18. The van der Waals surface area contributed by atoms with Crippen molar-refractivity contribution in [1.82, 2.24) is 10.6 Å². The summed E-state index contributed by atoms with van der Waals surface area (Å²) in [5.74, 6) is 0.730. The lowest BCUT2D eigenvalue weighted by atomic mass is 10.2. The van der Waals surface area contributed by atoms with Gasteiger partial charge in [-0.1, -0.05) is 17.7 Å². The fraction of sp³-hybridized carbons (Fsp3) is 0.500. The molecule has 1 aromatic carbocycles. The summed E-state index contributed by atoms with van der Waals surface area (Å²) < 4.78 is 0. The van der Waals surface area contributed by atoms with Gasteiger partial charge < -0.3 is 16.0 Å². The first-order chi connectivity index (χ1) is 10.6. The monoisotopic (exact) mass is 450 g/mol. The van der Waals surface area contributed by atoms with Crippen molar-refractivity contribution in [3.63, 3.8) is 0 Å². The molecule has 1 aliphatic rings. The van der Waals surface area contributed by atoms with Crippen LogP contribution in [0.4, 0.5) is 5.69 Å². The summed E-state index contributed by atoms with van der Waals surface area (Å²) in [6.07, 6.45) is 2.73. The zero-order chi connectivity index (χ0) is 15.9. The molecule has 1 amide bonds. The molecule has 0 heterocycles. The quantitative estimate of drug-likeness (QED) is 0.354. The Bertz CT molecular complexity index is 561. The number of guanidine groups is 1. The van der Waals surface area contributed by atoms with E-state index in [0.717, 1.165) is 23.8 Å². The summed E-state index contributed by atoms with van der Waals surface area (Å²) in [4.78, 5) is 16.4. The number of carbonyl (C=O) groups is 1. The second-order valence-corrected chi connectivity index (χ2v) is 5.80. The van der Waals surface area contributed by atoms with Crippen molar-refractivity contribution >= 4 is 53.1 Å². The van der Waals surface area contributed by atoms with E-state index in [0.29, 0.717) is 24.0 Å². The Kier molecular flexibility index (Phi) is 8.68. The minimum Gasteiger partial charge on any atom is -0.357 e. The maximum Gasteiger partial charge on any atom is 0.226 e. The fourth-order valence-electron chi connectivity index (χ4n) is 1.97. The minimum absolute atomic E-state index is 0. The molecule has 0 aromatic heterocycles. The topological polar surface area (TPSA) is 65.5 Å². The largest absolute Gasteiger partial charge is 0.357 e. The van der Waals surface area contributed by atoms with Gasteiger partial charge in [-0.05, 0) is 44.4 Å². The van der Waals surface area contributed by atoms with Crippen LogP contribution < -0.4 is 16.0 Å². The highest BCUT2D eigenvalue weighted by molar-refractivity contribution is 14.0. The Morgan fingerprint density at radius 3 is 2.78 bits per heavy atom. The van der Waals surface area contributed by atoms with E-state index in [9.17, 15) is 4.79 Å². The van der Waals surface area contributed by atoms with Gasteiger partial charge in [0.15, 0.2) is 5.96 Å². The van der Waals surface area contributed by atoms with Crippen LogP contribution in [0.5, 0.6) is 0 Å². The molecular formula is C16H24ClIN4O. The highest BCUT2D eigenvalue weighted by atomic mass is 127. The summed E-state index contributed by atoms with van der Waals surface area (Å²) in [5.41, 5.74) is 1.63. The number of rotatable bonds is 6. The van der Waals surface area contributed by atoms with Crippen LogP contribution in [0.3, 0.4) is 0 Å². The maximum absolute atomic E-state index is 12.0. The van der Waals surface area contributed by atoms with E-state index in [1.807, 2.05) is 32.0 Å². The van der Waals surface area contributed by atoms with Crippen molar-refractivity contribution < 1.29 is 4.79 Å². The minimum atomic E-state index is -0.0589. The molecule has 0 radical (unpaired) electrons. The Labute approximate surface area is 159 Å². The molecule has 7 heteroatoms. The average molecular weight is 451 g/mol. The van der Waals surface area contributed by atoms with Gasteiger partial charge in [-0.15, -0.1) is 24.0 Å². The standard InChI is InChI=1S/C16H23ClN4O.HI/c1-3-18-16(20-12-7-8-12)19-10-9-15(22)21-14-6-4-5-13(17)11(14)2;/h4-6,12H,3,7-10H2,1-2H3,(H,21,22)(H2,18,19,20);1H. The van der Waals surface area contributed by atoms with Crippen molar-refractivity contribution in [2.24, 2.45) is 4.99 Å². The van der Waals surface area contributed by atoms with Gasteiger partial charge in [0, 0.05) is 29.7 Å². The normalized spacial score (nSPS) is 14.0. The van der Waals surface area contributed by atoms with E-state index in [-0.39, 0.29) is 29.9 Å². The number of aliphatic imine (C=N–C) groups is 1. The molecule has 1 aromatic rings. The van der Waals surface area contributed by atoms with Gasteiger partial charge in [0.2, 0.25) is 5.91 Å². The van der Waals surface area contributed by atoms with Gasteiger partial charge in [0.1, 0.15) is 0 Å². The number of hydrogen-bond acceptors (Lipinski definition) is 2. The molecule has 3 N–H and O–H groups in total. The third-order valence-corrected chi connectivity index (χ3v) is 3.82.